The van der Waals surface area contributed by atoms with Crippen molar-refractivity contribution in [2.45, 2.75) is 50.2 Å². The average Bonchev–Trinajstić information content (AvgIpc) is 2.78. The Bertz CT molecular complexity index is 981. The van der Waals surface area contributed by atoms with Crippen LogP contribution < -0.4 is 9.62 Å². The number of halogens is 1. The van der Waals surface area contributed by atoms with Crippen LogP contribution in [0.2, 0.25) is 5.02 Å². The Morgan fingerprint density at radius 1 is 1.12 bits per heavy atom. The lowest BCUT2D eigenvalue weighted by molar-refractivity contribution is -0.00213. The Labute approximate surface area is 196 Å². The Morgan fingerprint density at radius 3 is 2.62 bits per heavy atom. The van der Waals surface area contributed by atoms with Crippen LogP contribution in [0.1, 0.15) is 43.6 Å². The standard InChI is InChI=1S/C24H32ClN3O3S/c1-32(29,30)27-23-12-14-28(24-7-2-3-13-26-24)16-20(23)17-31-22-10-8-18(9-11-22)19-5-4-6-21(25)15-19/h2-7,13,15,18,20,22-23,27H,8-12,14,16-17H2,1H3/t18?,20-,22?,23-/m0/s1. The van der Waals surface area contributed by atoms with Crippen LogP contribution in [0.25, 0.3) is 0 Å². The molecule has 0 unspecified atom stereocenters. The second-order valence-corrected chi connectivity index (χ2v) is 11.3. The van der Waals surface area contributed by atoms with Crippen molar-refractivity contribution in [1.29, 1.82) is 0 Å². The Balaban J connectivity index is 1.34. The van der Waals surface area contributed by atoms with Crippen molar-refractivity contribution in [3.05, 3.63) is 59.2 Å². The maximum Gasteiger partial charge on any atom is 0.208 e. The topological polar surface area (TPSA) is 71.5 Å². The van der Waals surface area contributed by atoms with Gasteiger partial charge in [0.05, 0.1) is 19.0 Å². The van der Waals surface area contributed by atoms with Gasteiger partial charge >= 0.3 is 0 Å². The van der Waals surface area contributed by atoms with Crippen molar-refractivity contribution in [2.75, 3.05) is 30.9 Å². The summed E-state index contributed by atoms with van der Waals surface area (Å²) in [5.41, 5.74) is 1.31. The number of nitrogens with one attached hydrogen (secondary N) is 1. The lowest BCUT2D eigenvalue weighted by Gasteiger charge is -2.40. The van der Waals surface area contributed by atoms with E-state index in [1.165, 1.54) is 11.8 Å². The monoisotopic (exact) mass is 477 g/mol. The molecule has 2 aromatic rings. The highest BCUT2D eigenvalue weighted by molar-refractivity contribution is 7.88. The van der Waals surface area contributed by atoms with Gasteiger partial charge in [0.2, 0.25) is 10.0 Å². The molecule has 0 radical (unpaired) electrons. The summed E-state index contributed by atoms with van der Waals surface area (Å²) in [7, 11) is -3.27. The SMILES string of the molecule is CS(=O)(=O)N[C@H]1CCN(c2ccccn2)C[C@H]1COC1CCC(c2cccc(Cl)c2)CC1. The fourth-order valence-electron chi connectivity index (χ4n) is 4.96. The molecule has 174 valence electrons. The highest BCUT2D eigenvalue weighted by atomic mass is 35.5. The molecule has 1 N–H and O–H groups in total. The van der Waals surface area contributed by atoms with Gasteiger partial charge in [-0.2, -0.15) is 0 Å². The molecular weight excluding hydrogens is 446 g/mol. The molecule has 2 fully saturated rings. The minimum atomic E-state index is -3.27. The third kappa shape index (κ3) is 6.44. The minimum Gasteiger partial charge on any atom is -0.378 e. The van der Waals surface area contributed by atoms with Crippen LogP contribution in [0.4, 0.5) is 5.82 Å². The maximum absolute atomic E-state index is 11.9. The number of rotatable bonds is 7. The molecule has 1 aliphatic heterocycles. The Hall–Kier alpha value is -1.67. The van der Waals surface area contributed by atoms with Gasteiger partial charge in [0.1, 0.15) is 5.82 Å². The highest BCUT2D eigenvalue weighted by Gasteiger charge is 2.33. The zero-order chi connectivity index (χ0) is 22.6. The van der Waals surface area contributed by atoms with E-state index in [1.54, 1.807) is 6.20 Å². The quantitative estimate of drug-likeness (QED) is 0.646. The number of hydrogen-bond donors (Lipinski definition) is 1. The van der Waals surface area contributed by atoms with Crippen molar-refractivity contribution in [2.24, 2.45) is 5.92 Å². The molecule has 2 heterocycles. The molecule has 1 saturated heterocycles. The van der Waals surface area contributed by atoms with Gasteiger partial charge in [0.15, 0.2) is 0 Å². The Morgan fingerprint density at radius 2 is 1.94 bits per heavy atom. The summed E-state index contributed by atoms with van der Waals surface area (Å²) in [4.78, 5) is 6.69. The van der Waals surface area contributed by atoms with E-state index in [1.807, 2.05) is 30.3 Å². The Kier molecular flexibility index (Phi) is 7.71. The fourth-order valence-corrected chi connectivity index (χ4v) is 6.02. The number of pyridine rings is 1. The summed E-state index contributed by atoms with van der Waals surface area (Å²) in [6.45, 7) is 2.04. The number of ether oxygens (including phenoxy) is 1. The van der Waals surface area contributed by atoms with Gasteiger partial charge in [0.25, 0.3) is 0 Å². The van der Waals surface area contributed by atoms with E-state index in [-0.39, 0.29) is 18.1 Å². The molecule has 1 aromatic carbocycles. The summed E-state index contributed by atoms with van der Waals surface area (Å²) in [5.74, 6) is 1.53. The lowest BCUT2D eigenvalue weighted by atomic mass is 9.82. The molecule has 8 heteroatoms. The van der Waals surface area contributed by atoms with Crippen molar-refractivity contribution >= 4 is 27.4 Å². The van der Waals surface area contributed by atoms with Gasteiger partial charge in [-0.25, -0.2) is 18.1 Å². The van der Waals surface area contributed by atoms with Crippen molar-refractivity contribution in [1.82, 2.24) is 9.71 Å². The zero-order valence-electron chi connectivity index (χ0n) is 18.5. The normalized spacial score (nSPS) is 26.8. The molecule has 1 saturated carbocycles. The van der Waals surface area contributed by atoms with E-state index < -0.39 is 10.0 Å². The first kappa shape index (κ1) is 23.5. The summed E-state index contributed by atoms with van der Waals surface area (Å²) in [6.07, 6.45) is 8.17. The second kappa shape index (κ2) is 10.5. The number of piperidine rings is 1. The predicted molar refractivity (Wildman–Crippen MR) is 129 cm³/mol. The maximum atomic E-state index is 11.9. The third-order valence-electron chi connectivity index (χ3n) is 6.61. The van der Waals surface area contributed by atoms with Crippen LogP contribution >= 0.6 is 11.6 Å². The minimum absolute atomic E-state index is 0.0751. The van der Waals surface area contributed by atoms with Gasteiger partial charge in [-0.15, -0.1) is 0 Å². The smallest absolute Gasteiger partial charge is 0.208 e. The van der Waals surface area contributed by atoms with Crippen LogP contribution in [0, 0.1) is 5.92 Å². The van der Waals surface area contributed by atoms with E-state index in [9.17, 15) is 8.42 Å². The third-order valence-corrected chi connectivity index (χ3v) is 7.58. The molecule has 0 amide bonds. The molecular formula is C24H32ClN3O3S. The first-order chi connectivity index (χ1) is 15.4. The highest BCUT2D eigenvalue weighted by Crippen LogP contribution is 2.35. The summed E-state index contributed by atoms with van der Waals surface area (Å²) < 4.78 is 33.0. The summed E-state index contributed by atoms with van der Waals surface area (Å²) >= 11 is 6.16. The largest absolute Gasteiger partial charge is 0.378 e. The molecule has 0 bridgehead atoms. The van der Waals surface area contributed by atoms with Gasteiger partial charge in [0, 0.05) is 36.3 Å². The van der Waals surface area contributed by atoms with Crippen molar-refractivity contribution < 1.29 is 13.2 Å². The van der Waals surface area contributed by atoms with Crippen LogP contribution in [-0.2, 0) is 14.8 Å². The first-order valence-corrected chi connectivity index (χ1v) is 13.6. The first-order valence-electron chi connectivity index (χ1n) is 11.4. The summed E-state index contributed by atoms with van der Waals surface area (Å²) in [5, 5.41) is 0.792. The van der Waals surface area contributed by atoms with Gasteiger partial charge in [-0.05, 0) is 67.9 Å². The second-order valence-electron chi connectivity index (χ2n) is 9.04. The van der Waals surface area contributed by atoms with E-state index >= 15 is 0 Å². The van der Waals surface area contributed by atoms with Crippen LogP contribution in [0.3, 0.4) is 0 Å². The lowest BCUT2D eigenvalue weighted by Crippen LogP contribution is -2.52. The number of sulfonamides is 1. The van der Waals surface area contributed by atoms with Crippen molar-refractivity contribution in [3.8, 4) is 0 Å². The van der Waals surface area contributed by atoms with Crippen molar-refractivity contribution in [3.63, 3.8) is 0 Å². The molecule has 6 nitrogen and oxygen atoms in total. The van der Waals surface area contributed by atoms with Crippen LogP contribution in [0.15, 0.2) is 48.7 Å². The summed E-state index contributed by atoms with van der Waals surface area (Å²) in [6, 6.07) is 13.9. The fraction of sp³-hybridized carbons (Fsp3) is 0.542. The van der Waals surface area contributed by atoms with E-state index in [4.69, 9.17) is 16.3 Å². The van der Waals surface area contributed by atoms with Crippen LogP contribution in [0.5, 0.6) is 0 Å². The van der Waals surface area contributed by atoms with E-state index in [2.05, 4.69) is 26.7 Å². The molecule has 1 aliphatic carbocycles. The number of aromatic nitrogens is 1. The molecule has 2 atom stereocenters. The average molecular weight is 478 g/mol. The molecule has 4 rings (SSSR count). The molecule has 2 aliphatic rings. The van der Waals surface area contributed by atoms with E-state index in [0.717, 1.165) is 56.0 Å². The predicted octanol–water partition coefficient (Wildman–Crippen LogP) is 4.22. The number of hydrogen-bond acceptors (Lipinski definition) is 5. The number of anilines is 1. The molecule has 0 spiro atoms. The van der Waals surface area contributed by atoms with Gasteiger partial charge < -0.3 is 9.64 Å². The molecule has 32 heavy (non-hydrogen) atoms. The molecule has 1 aromatic heterocycles. The number of benzene rings is 1. The number of nitrogens with zero attached hydrogens (tertiary/aromatic N) is 2. The zero-order valence-corrected chi connectivity index (χ0v) is 20.1. The van der Waals surface area contributed by atoms with E-state index in [0.29, 0.717) is 12.5 Å². The van der Waals surface area contributed by atoms with Gasteiger partial charge in [-0.3, -0.25) is 0 Å². The van der Waals surface area contributed by atoms with Gasteiger partial charge in [-0.1, -0.05) is 29.8 Å². The van der Waals surface area contributed by atoms with Crippen LogP contribution in [-0.4, -0.2) is 51.5 Å².